The fourth-order valence-electron chi connectivity index (χ4n) is 2.01. The summed E-state index contributed by atoms with van der Waals surface area (Å²) in [7, 11) is 1.55. The minimum atomic E-state index is -0.884. The van der Waals surface area contributed by atoms with Crippen molar-refractivity contribution in [3.8, 4) is 5.75 Å². The summed E-state index contributed by atoms with van der Waals surface area (Å²) in [6.07, 6.45) is 0. The van der Waals surface area contributed by atoms with Crippen molar-refractivity contribution in [2.24, 2.45) is 0 Å². The number of hydrogen-bond donors (Lipinski definition) is 1. The van der Waals surface area contributed by atoms with Gasteiger partial charge in [0.05, 0.1) is 13.0 Å². The lowest BCUT2D eigenvalue weighted by Crippen LogP contribution is -2.12. The first-order valence-electron chi connectivity index (χ1n) is 5.38. The number of halogens is 1. The molecule has 1 atom stereocenters. The number of carbonyl (C=O) groups is 1. The van der Waals surface area contributed by atoms with Crippen molar-refractivity contribution in [1.29, 1.82) is 0 Å². The first-order chi connectivity index (χ1) is 7.82. The smallest absolute Gasteiger partial charge is 0.310 e. The van der Waals surface area contributed by atoms with E-state index in [1.165, 1.54) is 0 Å². The van der Waals surface area contributed by atoms with Crippen molar-refractivity contribution in [2.45, 2.75) is 33.6 Å². The molecule has 0 aliphatic heterocycles. The standard InChI is InChI=1S/C13H17ClO3/c1-6-7(2)12(17-5)10(8(3)11(6)14)9(4)13(15)16/h9H,1-5H3,(H,15,16). The van der Waals surface area contributed by atoms with Gasteiger partial charge in [-0.1, -0.05) is 11.6 Å². The Labute approximate surface area is 106 Å². The fourth-order valence-corrected chi connectivity index (χ4v) is 2.26. The van der Waals surface area contributed by atoms with Gasteiger partial charge >= 0.3 is 5.97 Å². The van der Waals surface area contributed by atoms with Gasteiger partial charge in [0.25, 0.3) is 0 Å². The van der Waals surface area contributed by atoms with E-state index in [1.54, 1.807) is 14.0 Å². The van der Waals surface area contributed by atoms with E-state index in [2.05, 4.69) is 0 Å². The van der Waals surface area contributed by atoms with Crippen LogP contribution in [0.5, 0.6) is 5.75 Å². The van der Waals surface area contributed by atoms with Gasteiger partial charge in [0.2, 0.25) is 0 Å². The molecule has 0 fully saturated rings. The molecular weight excluding hydrogens is 240 g/mol. The SMILES string of the molecule is COc1c(C)c(C)c(Cl)c(C)c1C(C)C(=O)O. The maximum Gasteiger partial charge on any atom is 0.310 e. The molecule has 0 aliphatic rings. The van der Waals surface area contributed by atoms with Crippen LogP contribution in [0.4, 0.5) is 0 Å². The van der Waals surface area contributed by atoms with Gasteiger partial charge in [0, 0.05) is 10.6 Å². The Morgan fingerprint density at radius 3 is 2.18 bits per heavy atom. The zero-order valence-corrected chi connectivity index (χ0v) is 11.5. The average Bonchev–Trinajstić information content (AvgIpc) is 2.29. The molecule has 17 heavy (non-hydrogen) atoms. The van der Waals surface area contributed by atoms with Crippen LogP contribution < -0.4 is 4.74 Å². The lowest BCUT2D eigenvalue weighted by molar-refractivity contribution is -0.138. The summed E-state index contributed by atoms with van der Waals surface area (Å²) in [6.45, 7) is 7.25. The van der Waals surface area contributed by atoms with Gasteiger partial charge in [0.1, 0.15) is 5.75 Å². The summed E-state index contributed by atoms with van der Waals surface area (Å²) in [5.74, 6) is -0.897. The molecule has 0 bridgehead atoms. The molecule has 0 aromatic heterocycles. The van der Waals surface area contributed by atoms with E-state index in [1.807, 2.05) is 20.8 Å². The molecule has 0 aliphatic carbocycles. The van der Waals surface area contributed by atoms with E-state index in [9.17, 15) is 4.79 Å². The molecule has 0 heterocycles. The molecule has 0 radical (unpaired) electrons. The number of benzene rings is 1. The Balaban J connectivity index is 3.63. The summed E-state index contributed by atoms with van der Waals surface area (Å²) in [5, 5.41) is 9.75. The predicted octanol–water partition coefficient (Wildman–Crippen LogP) is 3.46. The zero-order valence-electron chi connectivity index (χ0n) is 10.7. The van der Waals surface area contributed by atoms with Crippen LogP contribution in [0.25, 0.3) is 0 Å². The second-order valence-electron chi connectivity index (χ2n) is 4.20. The first kappa shape index (κ1) is 13.8. The molecule has 1 unspecified atom stereocenters. The average molecular weight is 257 g/mol. The highest BCUT2D eigenvalue weighted by molar-refractivity contribution is 6.32. The highest BCUT2D eigenvalue weighted by Crippen LogP contribution is 2.39. The van der Waals surface area contributed by atoms with Crippen LogP contribution in [0.2, 0.25) is 5.02 Å². The Morgan fingerprint density at radius 1 is 1.24 bits per heavy atom. The van der Waals surface area contributed by atoms with Crippen LogP contribution in [0, 0.1) is 20.8 Å². The van der Waals surface area contributed by atoms with Crippen molar-refractivity contribution in [1.82, 2.24) is 0 Å². The van der Waals surface area contributed by atoms with E-state index < -0.39 is 11.9 Å². The molecular formula is C13H17ClO3. The van der Waals surface area contributed by atoms with Crippen LogP contribution in [0.3, 0.4) is 0 Å². The van der Waals surface area contributed by atoms with Crippen molar-refractivity contribution in [3.63, 3.8) is 0 Å². The van der Waals surface area contributed by atoms with E-state index in [4.69, 9.17) is 21.4 Å². The third-order valence-corrected chi connectivity index (χ3v) is 3.78. The van der Waals surface area contributed by atoms with Crippen LogP contribution in [0.1, 0.15) is 35.1 Å². The lowest BCUT2D eigenvalue weighted by Gasteiger charge is -2.20. The van der Waals surface area contributed by atoms with Crippen LogP contribution in [0.15, 0.2) is 0 Å². The van der Waals surface area contributed by atoms with Crippen molar-refractivity contribution < 1.29 is 14.6 Å². The topological polar surface area (TPSA) is 46.5 Å². The van der Waals surface area contributed by atoms with Gasteiger partial charge in [-0.05, 0) is 44.4 Å². The van der Waals surface area contributed by atoms with Gasteiger partial charge < -0.3 is 9.84 Å². The Bertz CT molecular complexity index is 466. The summed E-state index contributed by atoms with van der Waals surface area (Å²) in [4.78, 5) is 11.1. The molecule has 1 rings (SSSR count). The number of carboxylic acids is 1. The number of aliphatic carboxylic acids is 1. The fraction of sp³-hybridized carbons (Fsp3) is 0.462. The molecule has 1 aromatic rings. The van der Waals surface area contributed by atoms with Crippen molar-refractivity contribution in [3.05, 3.63) is 27.3 Å². The Morgan fingerprint density at radius 2 is 1.76 bits per heavy atom. The second kappa shape index (κ2) is 4.96. The minimum absolute atomic E-state index is 0.617. The number of hydrogen-bond acceptors (Lipinski definition) is 2. The molecule has 1 N–H and O–H groups in total. The van der Waals surface area contributed by atoms with Gasteiger partial charge in [-0.25, -0.2) is 0 Å². The molecule has 0 saturated carbocycles. The van der Waals surface area contributed by atoms with E-state index in [-0.39, 0.29) is 0 Å². The molecule has 94 valence electrons. The Hall–Kier alpha value is -1.22. The number of rotatable bonds is 3. The number of ether oxygens (including phenoxy) is 1. The third kappa shape index (κ3) is 2.25. The van der Waals surface area contributed by atoms with Gasteiger partial charge in [0.15, 0.2) is 0 Å². The Kier molecular flexibility index (Phi) is 4.04. The third-order valence-electron chi connectivity index (χ3n) is 3.22. The van der Waals surface area contributed by atoms with Gasteiger partial charge in [-0.15, -0.1) is 0 Å². The highest BCUT2D eigenvalue weighted by atomic mass is 35.5. The summed E-state index contributed by atoms with van der Waals surface area (Å²) >= 11 is 6.22. The summed E-state index contributed by atoms with van der Waals surface area (Å²) in [6, 6.07) is 0. The van der Waals surface area contributed by atoms with Crippen LogP contribution >= 0.6 is 11.6 Å². The monoisotopic (exact) mass is 256 g/mol. The molecule has 0 amide bonds. The zero-order chi connectivity index (χ0) is 13.3. The van der Waals surface area contributed by atoms with Gasteiger partial charge in [-0.3, -0.25) is 4.79 Å². The number of carboxylic acid groups (broad SMARTS) is 1. The molecule has 4 heteroatoms. The van der Waals surface area contributed by atoms with E-state index in [0.717, 1.165) is 16.7 Å². The van der Waals surface area contributed by atoms with E-state index >= 15 is 0 Å². The molecule has 0 saturated heterocycles. The summed E-state index contributed by atoms with van der Waals surface area (Å²) in [5.41, 5.74) is 3.27. The first-order valence-corrected chi connectivity index (χ1v) is 5.76. The van der Waals surface area contributed by atoms with E-state index in [0.29, 0.717) is 16.3 Å². The van der Waals surface area contributed by atoms with Gasteiger partial charge in [-0.2, -0.15) is 0 Å². The highest BCUT2D eigenvalue weighted by Gasteiger charge is 2.25. The predicted molar refractivity (Wildman–Crippen MR) is 68.3 cm³/mol. The number of methoxy groups -OCH3 is 1. The van der Waals surface area contributed by atoms with Crippen LogP contribution in [-0.2, 0) is 4.79 Å². The largest absolute Gasteiger partial charge is 0.496 e. The van der Waals surface area contributed by atoms with Crippen molar-refractivity contribution in [2.75, 3.05) is 7.11 Å². The summed E-state index contributed by atoms with van der Waals surface area (Å²) < 4.78 is 5.34. The lowest BCUT2D eigenvalue weighted by atomic mass is 9.91. The minimum Gasteiger partial charge on any atom is -0.496 e. The van der Waals surface area contributed by atoms with Crippen LogP contribution in [-0.4, -0.2) is 18.2 Å². The maximum absolute atomic E-state index is 11.1. The normalized spacial score (nSPS) is 12.4. The molecule has 3 nitrogen and oxygen atoms in total. The van der Waals surface area contributed by atoms with Crippen molar-refractivity contribution >= 4 is 17.6 Å². The molecule has 0 spiro atoms. The maximum atomic E-state index is 11.1. The second-order valence-corrected chi connectivity index (χ2v) is 4.57. The molecule has 1 aromatic carbocycles. The quantitative estimate of drug-likeness (QED) is 0.901.